The zero-order chi connectivity index (χ0) is 37.4. The van der Waals surface area contributed by atoms with Gasteiger partial charge in [0.1, 0.15) is 11.5 Å². The Morgan fingerprint density at radius 3 is 2.10 bits per heavy atom. The molecule has 0 spiro atoms. The summed E-state index contributed by atoms with van der Waals surface area (Å²) in [6.45, 7) is 14.7. The second-order valence-corrected chi connectivity index (χ2v) is 17.0. The van der Waals surface area contributed by atoms with Gasteiger partial charge < -0.3 is 31.5 Å². The molecule has 51 heavy (non-hydrogen) atoms. The van der Waals surface area contributed by atoms with Crippen molar-refractivity contribution in [3.8, 4) is 5.75 Å². The highest BCUT2D eigenvalue weighted by Crippen LogP contribution is 2.36. The molecular formula is C39H62N6O5S. The number of sulfonamides is 1. The number of carbonyl (C=O) groups is 1. The fraction of sp³-hybridized carbons (Fsp3) is 0.590. The minimum absolute atomic E-state index is 0.0104. The first-order valence-electron chi connectivity index (χ1n) is 18.2. The zero-order valence-corrected chi connectivity index (χ0v) is 32.3. The Balaban J connectivity index is 1.49. The summed E-state index contributed by atoms with van der Waals surface area (Å²) < 4.78 is 26.7. The Bertz CT molecular complexity index is 1530. The normalized spacial score (nSPS) is 17.2. The van der Waals surface area contributed by atoms with Gasteiger partial charge >= 0.3 is 0 Å². The van der Waals surface area contributed by atoms with Gasteiger partial charge in [-0.3, -0.25) is 9.79 Å². The van der Waals surface area contributed by atoms with E-state index in [1.54, 1.807) is 19.1 Å². The van der Waals surface area contributed by atoms with E-state index < -0.39 is 10.0 Å². The van der Waals surface area contributed by atoms with Gasteiger partial charge in [-0.1, -0.05) is 70.2 Å². The highest BCUT2D eigenvalue weighted by atomic mass is 32.2. The van der Waals surface area contributed by atoms with Crippen LogP contribution in [0.5, 0.6) is 5.75 Å². The number of benzene rings is 2. The predicted octanol–water partition coefficient (Wildman–Crippen LogP) is 3.90. The maximum absolute atomic E-state index is 12.8. The van der Waals surface area contributed by atoms with Crippen molar-refractivity contribution in [1.82, 2.24) is 26.0 Å². The molecule has 0 radical (unpaired) electrons. The summed E-state index contributed by atoms with van der Waals surface area (Å²) in [5.41, 5.74) is 2.95. The molecule has 0 saturated heterocycles. The SMILES string of the molecule is CC(=NC[C@@H](Cc1ccc(O)cc1)NCCNCCNC[C@@H](Cc1ccccc1)NC[C@@H](CC(C)C)NS(C)(=O)=O)C1=C(O)CC(C)(C)CC1=O. The molecule has 0 heterocycles. The summed E-state index contributed by atoms with van der Waals surface area (Å²) in [6, 6.07) is 17.4. The highest BCUT2D eigenvalue weighted by molar-refractivity contribution is 7.88. The lowest BCUT2D eigenvalue weighted by Gasteiger charge is -2.29. The van der Waals surface area contributed by atoms with Crippen LogP contribution in [0.1, 0.15) is 65.0 Å². The number of phenols is 1. The van der Waals surface area contributed by atoms with Crippen molar-refractivity contribution in [2.24, 2.45) is 16.3 Å². The molecule has 0 saturated carbocycles. The number of ketones is 1. The van der Waals surface area contributed by atoms with Crippen molar-refractivity contribution in [2.75, 3.05) is 52.1 Å². The van der Waals surface area contributed by atoms with Crippen LogP contribution in [0.4, 0.5) is 0 Å². The van der Waals surface area contributed by atoms with Gasteiger partial charge in [0, 0.05) is 75.9 Å². The van der Waals surface area contributed by atoms with Gasteiger partial charge in [0.25, 0.3) is 0 Å². The van der Waals surface area contributed by atoms with E-state index in [0.717, 1.165) is 44.6 Å². The number of aliphatic hydroxyl groups excluding tert-OH is 1. The van der Waals surface area contributed by atoms with Crippen LogP contribution in [0.25, 0.3) is 0 Å². The smallest absolute Gasteiger partial charge is 0.208 e. The molecule has 284 valence electrons. The number of nitrogens with zero attached hydrogens (tertiary/aromatic N) is 1. The molecule has 0 bridgehead atoms. The number of hydrogen-bond donors (Lipinski definition) is 7. The largest absolute Gasteiger partial charge is 0.511 e. The van der Waals surface area contributed by atoms with E-state index >= 15 is 0 Å². The first kappa shape index (κ1) is 42.3. The standard InChI is InChI=1S/C39H62N6O5S/c1-28(2)20-34(45-51(6,49)50)27-44-32(21-30-10-8-7-9-11-30)25-41-17-16-40-18-19-42-33(22-31-12-14-35(46)15-13-31)26-43-29(3)38-36(47)23-39(4,5)24-37(38)48/h7-15,28,32-34,40-42,44-47H,16-27H2,1-6H3/t32-,33-,34-/m1/s1. The first-order valence-corrected chi connectivity index (χ1v) is 20.1. The molecule has 0 aliphatic heterocycles. The second-order valence-electron chi connectivity index (χ2n) is 15.2. The van der Waals surface area contributed by atoms with Crippen molar-refractivity contribution in [2.45, 2.75) is 84.8 Å². The monoisotopic (exact) mass is 726 g/mol. The number of allylic oxidation sites excluding steroid dienone is 2. The van der Waals surface area contributed by atoms with Gasteiger partial charge in [-0.2, -0.15) is 0 Å². The molecule has 0 amide bonds. The van der Waals surface area contributed by atoms with Crippen LogP contribution in [-0.2, 0) is 27.7 Å². The van der Waals surface area contributed by atoms with Crippen LogP contribution in [0.2, 0.25) is 0 Å². The van der Waals surface area contributed by atoms with E-state index in [4.69, 9.17) is 4.99 Å². The molecule has 0 aromatic heterocycles. The molecule has 11 nitrogen and oxygen atoms in total. The van der Waals surface area contributed by atoms with E-state index in [1.165, 1.54) is 11.8 Å². The number of aliphatic hydroxyl groups is 1. The number of carbonyl (C=O) groups excluding carboxylic acids is 1. The van der Waals surface area contributed by atoms with Crippen molar-refractivity contribution in [1.29, 1.82) is 0 Å². The molecule has 1 aliphatic rings. The fourth-order valence-corrected chi connectivity index (χ4v) is 7.34. The number of aromatic hydroxyl groups is 1. The summed E-state index contributed by atoms with van der Waals surface area (Å²) >= 11 is 0. The van der Waals surface area contributed by atoms with Crippen LogP contribution < -0.4 is 26.0 Å². The van der Waals surface area contributed by atoms with E-state index in [2.05, 4.69) is 52.0 Å². The molecule has 0 unspecified atom stereocenters. The maximum atomic E-state index is 12.8. The Hall–Kier alpha value is -3.13. The number of aliphatic imine (C=N–C) groups is 1. The predicted molar refractivity (Wildman–Crippen MR) is 208 cm³/mol. The quantitative estimate of drug-likeness (QED) is 0.0665. The van der Waals surface area contributed by atoms with Crippen LogP contribution in [0, 0.1) is 11.3 Å². The molecule has 3 rings (SSSR count). The van der Waals surface area contributed by atoms with Gasteiger partial charge in [-0.25, -0.2) is 13.1 Å². The lowest BCUT2D eigenvalue weighted by atomic mass is 9.76. The van der Waals surface area contributed by atoms with E-state index in [1.807, 2.05) is 44.2 Å². The highest BCUT2D eigenvalue weighted by Gasteiger charge is 2.34. The van der Waals surface area contributed by atoms with Gasteiger partial charge in [0.05, 0.1) is 18.4 Å². The fourth-order valence-electron chi connectivity index (χ4n) is 6.55. The molecule has 12 heteroatoms. The van der Waals surface area contributed by atoms with Crippen LogP contribution in [0.3, 0.4) is 0 Å². The van der Waals surface area contributed by atoms with Gasteiger partial charge in [-0.05, 0) is 60.8 Å². The number of rotatable bonds is 23. The average molecular weight is 727 g/mol. The molecule has 7 N–H and O–H groups in total. The van der Waals surface area contributed by atoms with Gasteiger partial charge in [0.2, 0.25) is 10.0 Å². The van der Waals surface area contributed by atoms with Crippen molar-refractivity contribution in [3.63, 3.8) is 0 Å². The first-order chi connectivity index (χ1) is 24.1. The van der Waals surface area contributed by atoms with Crippen molar-refractivity contribution >= 4 is 21.5 Å². The number of nitrogens with one attached hydrogen (secondary N) is 5. The summed E-state index contributed by atoms with van der Waals surface area (Å²) in [4.78, 5) is 17.6. The van der Waals surface area contributed by atoms with Gasteiger partial charge in [0.15, 0.2) is 5.78 Å². The molecule has 3 atom stereocenters. The van der Waals surface area contributed by atoms with Crippen LogP contribution >= 0.6 is 0 Å². The third kappa shape index (κ3) is 16.8. The molecular weight excluding hydrogens is 665 g/mol. The third-order valence-electron chi connectivity index (χ3n) is 8.90. The van der Waals surface area contributed by atoms with E-state index in [9.17, 15) is 23.4 Å². The Labute approximate surface area is 306 Å². The molecule has 2 aromatic carbocycles. The summed E-state index contributed by atoms with van der Waals surface area (Å²) in [7, 11) is -3.31. The number of phenolic OH excluding ortho intramolecular Hbond substituents is 1. The minimum Gasteiger partial charge on any atom is -0.511 e. The summed E-state index contributed by atoms with van der Waals surface area (Å²) in [5, 5.41) is 34.6. The number of hydrogen-bond acceptors (Lipinski definition) is 10. The average Bonchev–Trinajstić information content (AvgIpc) is 3.02. The molecule has 0 fully saturated rings. The molecule has 2 aromatic rings. The Morgan fingerprint density at radius 2 is 1.45 bits per heavy atom. The van der Waals surface area contributed by atoms with Crippen LogP contribution in [0.15, 0.2) is 70.9 Å². The Morgan fingerprint density at radius 1 is 0.824 bits per heavy atom. The van der Waals surface area contributed by atoms with E-state index in [-0.39, 0.29) is 40.8 Å². The minimum atomic E-state index is -3.31. The lowest BCUT2D eigenvalue weighted by Crippen LogP contribution is -2.49. The van der Waals surface area contributed by atoms with Gasteiger partial charge in [-0.15, -0.1) is 0 Å². The Kier molecular flexibility index (Phi) is 17.2. The zero-order valence-electron chi connectivity index (χ0n) is 31.5. The second kappa shape index (κ2) is 20.8. The third-order valence-corrected chi connectivity index (χ3v) is 9.66. The van der Waals surface area contributed by atoms with Crippen LogP contribution in [-0.4, -0.2) is 100 Å². The summed E-state index contributed by atoms with van der Waals surface area (Å²) in [6.07, 6.45) is 4.33. The topological polar surface area (TPSA) is 164 Å². The van der Waals surface area contributed by atoms with Crippen molar-refractivity contribution < 1.29 is 23.4 Å². The van der Waals surface area contributed by atoms with Crippen molar-refractivity contribution in [3.05, 3.63) is 77.1 Å². The maximum Gasteiger partial charge on any atom is 0.208 e. The number of Topliss-reactive ketones (excluding diaryl/α,β-unsaturated/α-hetero) is 1. The lowest BCUT2D eigenvalue weighted by molar-refractivity contribution is -0.117. The van der Waals surface area contributed by atoms with E-state index in [0.29, 0.717) is 56.1 Å². The summed E-state index contributed by atoms with van der Waals surface area (Å²) in [5.74, 6) is 0.647. The molecule has 1 aliphatic carbocycles.